The van der Waals surface area contributed by atoms with E-state index in [0.29, 0.717) is 6.42 Å². The van der Waals surface area contributed by atoms with Crippen LogP contribution >= 0.6 is 0 Å². The molecule has 0 spiro atoms. The summed E-state index contributed by atoms with van der Waals surface area (Å²) >= 11 is 0. The van der Waals surface area contributed by atoms with Crippen molar-refractivity contribution in [2.24, 2.45) is 0 Å². The number of carbonyl (C=O) groups excluding carboxylic acids is 2. The summed E-state index contributed by atoms with van der Waals surface area (Å²) in [6, 6.07) is 0. The molecule has 0 radical (unpaired) electrons. The molecular formula is C39H74O10. The van der Waals surface area contributed by atoms with Crippen LogP contribution in [0, 0.1) is 0 Å². The van der Waals surface area contributed by atoms with Crippen LogP contribution in [-0.4, -0.2) is 89.0 Å². The molecule has 1 heterocycles. The Kier molecular flexibility index (Phi) is 29.3. The Hall–Kier alpha value is -1.30. The van der Waals surface area contributed by atoms with Gasteiger partial charge in [0.2, 0.25) is 0 Å². The molecular weight excluding hydrogens is 628 g/mol. The van der Waals surface area contributed by atoms with Crippen LogP contribution in [0.15, 0.2) is 0 Å². The normalized spacial score (nSPS) is 21.5. The van der Waals surface area contributed by atoms with Gasteiger partial charge in [0.05, 0.1) is 13.2 Å². The van der Waals surface area contributed by atoms with Crippen molar-refractivity contribution in [3.8, 4) is 0 Å². The van der Waals surface area contributed by atoms with E-state index in [1.54, 1.807) is 0 Å². The lowest BCUT2D eigenvalue weighted by Crippen LogP contribution is -2.59. The lowest BCUT2D eigenvalue weighted by atomic mass is 9.99. The Balaban J connectivity index is 2.38. The first-order chi connectivity index (χ1) is 23.8. The number of aliphatic hydroxyl groups excluding tert-OH is 4. The quantitative estimate of drug-likeness (QED) is 0.0401. The summed E-state index contributed by atoms with van der Waals surface area (Å²) in [6.45, 7) is 3.41. The fourth-order valence-electron chi connectivity index (χ4n) is 6.25. The first kappa shape index (κ1) is 45.7. The molecule has 1 fully saturated rings. The molecule has 0 bridgehead atoms. The zero-order valence-electron chi connectivity index (χ0n) is 31.2. The zero-order valence-corrected chi connectivity index (χ0v) is 31.2. The van der Waals surface area contributed by atoms with E-state index in [1.807, 2.05) is 0 Å². The number of aliphatic hydroxyl groups is 4. The molecule has 0 unspecified atom stereocenters. The van der Waals surface area contributed by atoms with Gasteiger partial charge in [0.25, 0.3) is 0 Å². The Bertz CT molecular complexity index is 779. The van der Waals surface area contributed by atoms with Crippen molar-refractivity contribution in [3.05, 3.63) is 0 Å². The van der Waals surface area contributed by atoms with E-state index >= 15 is 0 Å². The monoisotopic (exact) mass is 703 g/mol. The van der Waals surface area contributed by atoms with Gasteiger partial charge in [-0.1, -0.05) is 155 Å². The van der Waals surface area contributed by atoms with E-state index in [4.69, 9.17) is 18.9 Å². The zero-order chi connectivity index (χ0) is 36.0. The molecule has 290 valence electrons. The fraction of sp³-hybridized carbons (Fsp3) is 0.949. The highest BCUT2D eigenvalue weighted by Gasteiger charge is 2.44. The molecule has 10 nitrogen and oxygen atoms in total. The summed E-state index contributed by atoms with van der Waals surface area (Å²) in [4.78, 5) is 25.2. The molecule has 1 aliphatic rings. The number of hydrogen-bond acceptors (Lipinski definition) is 10. The summed E-state index contributed by atoms with van der Waals surface area (Å²) in [7, 11) is 0. The van der Waals surface area contributed by atoms with E-state index < -0.39 is 49.4 Å². The second kappa shape index (κ2) is 31.4. The lowest BCUT2D eigenvalue weighted by molar-refractivity contribution is -0.305. The molecule has 0 aromatic heterocycles. The number of rotatable bonds is 33. The van der Waals surface area contributed by atoms with Gasteiger partial charge in [0, 0.05) is 12.8 Å². The van der Waals surface area contributed by atoms with Crippen molar-refractivity contribution in [3.63, 3.8) is 0 Å². The van der Waals surface area contributed by atoms with Crippen molar-refractivity contribution < 1.29 is 49.0 Å². The van der Waals surface area contributed by atoms with Crippen LogP contribution in [-0.2, 0) is 28.5 Å². The first-order valence-corrected chi connectivity index (χ1v) is 20.1. The molecule has 0 saturated carbocycles. The minimum atomic E-state index is -1.59. The van der Waals surface area contributed by atoms with Crippen LogP contribution in [0.25, 0.3) is 0 Å². The van der Waals surface area contributed by atoms with Crippen LogP contribution in [0.5, 0.6) is 0 Å². The van der Waals surface area contributed by atoms with Crippen LogP contribution in [0.2, 0.25) is 0 Å². The summed E-state index contributed by atoms with van der Waals surface area (Å²) in [6.07, 6.45) is 21.1. The standard InChI is InChI=1S/C39H74O10/c1-3-5-7-9-11-13-15-17-19-21-23-25-27-34(41)46-30-32(31-47-39-38(45)37(44)36(43)33(29-40)49-39)48-35(42)28-26-24-22-20-18-16-14-12-10-8-6-4-2/h32-33,36-40,43-45H,3-31H2,1-2H3/t32-,33-,36+,37+,38-,39-/m1/s1. The van der Waals surface area contributed by atoms with Crippen molar-refractivity contribution in [1.29, 1.82) is 0 Å². The molecule has 0 aliphatic carbocycles. The fourth-order valence-corrected chi connectivity index (χ4v) is 6.25. The SMILES string of the molecule is CCCCCCCCCCCCCCC(=O)OC[C@H](CO[C@@H]1O[C@H](CO)[C@H](O)[C@H](O)[C@H]1O)OC(=O)CCCCCCCCCCCCCC. The Morgan fingerprint density at radius 1 is 0.551 bits per heavy atom. The summed E-state index contributed by atoms with van der Waals surface area (Å²) in [5.41, 5.74) is 0. The number of carbonyl (C=O) groups is 2. The summed E-state index contributed by atoms with van der Waals surface area (Å²) in [5.74, 6) is -0.798. The summed E-state index contributed by atoms with van der Waals surface area (Å²) < 4.78 is 22.1. The number of ether oxygens (including phenoxy) is 4. The summed E-state index contributed by atoms with van der Waals surface area (Å²) in [5, 5.41) is 39.9. The highest BCUT2D eigenvalue weighted by molar-refractivity contribution is 5.70. The minimum Gasteiger partial charge on any atom is -0.462 e. The third-order valence-corrected chi connectivity index (χ3v) is 9.49. The predicted molar refractivity (Wildman–Crippen MR) is 192 cm³/mol. The minimum absolute atomic E-state index is 0.210. The van der Waals surface area contributed by atoms with Crippen molar-refractivity contribution in [1.82, 2.24) is 0 Å². The van der Waals surface area contributed by atoms with Gasteiger partial charge in [-0.05, 0) is 12.8 Å². The Morgan fingerprint density at radius 2 is 0.959 bits per heavy atom. The van der Waals surface area contributed by atoms with E-state index in [0.717, 1.165) is 38.5 Å². The van der Waals surface area contributed by atoms with E-state index in [1.165, 1.54) is 109 Å². The molecule has 0 amide bonds. The van der Waals surface area contributed by atoms with Crippen molar-refractivity contribution in [2.75, 3.05) is 19.8 Å². The molecule has 6 atom stereocenters. The van der Waals surface area contributed by atoms with Gasteiger partial charge in [0.1, 0.15) is 31.0 Å². The van der Waals surface area contributed by atoms with Crippen LogP contribution < -0.4 is 0 Å². The Labute approximate surface area is 298 Å². The van der Waals surface area contributed by atoms with E-state index in [2.05, 4.69) is 13.8 Å². The van der Waals surface area contributed by atoms with Gasteiger partial charge < -0.3 is 39.4 Å². The van der Waals surface area contributed by atoms with Crippen molar-refractivity contribution in [2.45, 2.75) is 218 Å². The molecule has 1 aliphatic heterocycles. The predicted octanol–water partition coefficient (Wildman–Crippen LogP) is 7.44. The maximum atomic E-state index is 12.7. The third kappa shape index (κ3) is 23.7. The lowest BCUT2D eigenvalue weighted by Gasteiger charge is -2.39. The average molecular weight is 703 g/mol. The van der Waals surface area contributed by atoms with Gasteiger partial charge in [-0.2, -0.15) is 0 Å². The molecule has 49 heavy (non-hydrogen) atoms. The largest absolute Gasteiger partial charge is 0.462 e. The maximum absolute atomic E-state index is 12.7. The average Bonchev–Trinajstić information content (AvgIpc) is 3.10. The maximum Gasteiger partial charge on any atom is 0.306 e. The number of unbranched alkanes of at least 4 members (excludes halogenated alkanes) is 22. The highest BCUT2D eigenvalue weighted by Crippen LogP contribution is 2.22. The third-order valence-electron chi connectivity index (χ3n) is 9.49. The van der Waals surface area contributed by atoms with Gasteiger partial charge in [-0.15, -0.1) is 0 Å². The second-order valence-electron chi connectivity index (χ2n) is 14.1. The van der Waals surface area contributed by atoms with E-state index in [-0.39, 0.29) is 32.0 Å². The molecule has 1 saturated heterocycles. The second-order valence-corrected chi connectivity index (χ2v) is 14.1. The molecule has 4 N–H and O–H groups in total. The van der Waals surface area contributed by atoms with Crippen LogP contribution in [0.1, 0.15) is 181 Å². The first-order valence-electron chi connectivity index (χ1n) is 20.1. The van der Waals surface area contributed by atoms with Gasteiger partial charge >= 0.3 is 11.9 Å². The van der Waals surface area contributed by atoms with Crippen molar-refractivity contribution >= 4 is 11.9 Å². The number of esters is 2. The molecule has 1 rings (SSSR count). The van der Waals surface area contributed by atoms with Gasteiger partial charge in [0.15, 0.2) is 12.4 Å². The highest BCUT2D eigenvalue weighted by atomic mass is 16.7. The number of hydrogen-bond donors (Lipinski definition) is 4. The topological polar surface area (TPSA) is 152 Å². The van der Waals surface area contributed by atoms with Crippen LogP contribution in [0.3, 0.4) is 0 Å². The molecule has 10 heteroatoms. The molecule has 0 aromatic rings. The van der Waals surface area contributed by atoms with E-state index in [9.17, 15) is 30.0 Å². The van der Waals surface area contributed by atoms with Crippen LogP contribution in [0.4, 0.5) is 0 Å². The molecule has 0 aromatic carbocycles. The van der Waals surface area contributed by atoms with Gasteiger partial charge in [-0.3, -0.25) is 9.59 Å². The van der Waals surface area contributed by atoms with Gasteiger partial charge in [-0.25, -0.2) is 0 Å². The smallest absolute Gasteiger partial charge is 0.306 e. The Morgan fingerprint density at radius 3 is 1.39 bits per heavy atom.